The Morgan fingerprint density at radius 2 is 2.00 bits per heavy atom. The molecule has 1 aromatic rings. The van der Waals surface area contributed by atoms with Gasteiger partial charge in [0.15, 0.2) is 0 Å². The molecule has 82 valence electrons. The first-order valence-electron chi connectivity index (χ1n) is 4.79. The Hall–Kier alpha value is -1.46. The molecule has 0 aliphatic rings. The summed E-state index contributed by atoms with van der Waals surface area (Å²) in [5, 5.41) is 22.0. The van der Waals surface area contributed by atoms with Gasteiger partial charge in [-0.15, -0.1) is 0 Å². The van der Waals surface area contributed by atoms with E-state index in [4.69, 9.17) is 5.11 Å². The van der Waals surface area contributed by atoms with E-state index < -0.39 is 4.92 Å². The third-order valence-corrected chi connectivity index (χ3v) is 1.99. The second kappa shape index (κ2) is 6.10. The van der Waals surface area contributed by atoms with Crippen molar-refractivity contribution < 1.29 is 10.0 Å². The zero-order chi connectivity index (χ0) is 11.1. The molecule has 0 bridgehead atoms. The first-order valence-corrected chi connectivity index (χ1v) is 4.79. The van der Waals surface area contributed by atoms with Gasteiger partial charge in [0.05, 0.1) is 4.92 Å². The van der Waals surface area contributed by atoms with Crippen molar-refractivity contribution in [3.05, 3.63) is 39.9 Å². The number of nitrogens with one attached hydrogen (secondary N) is 1. The van der Waals surface area contributed by atoms with E-state index in [1.807, 2.05) is 0 Å². The second-order valence-electron chi connectivity index (χ2n) is 3.18. The van der Waals surface area contributed by atoms with Crippen molar-refractivity contribution in [3.63, 3.8) is 0 Å². The minimum absolute atomic E-state index is 0.106. The van der Waals surface area contributed by atoms with Crippen LogP contribution in [-0.2, 0) is 6.54 Å². The van der Waals surface area contributed by atoms with Crippen LogP contribution in [0.1, 0.15) is 12.0 Å². The topological polar surface area (TPSA) is 75.4 Å². The van der Waals surface area contributed by atoms with E-state index in [0.29, 0.717) is 13.0 Å². The van der Waals surface area contributed by atoms with Gasteiger partial charge in [-0.3, -0.25) is 10.1 Å². The van der Waals surface area contributed by atoms with Crippen LogP contribution in [0.25, 0.3) is 0 Å². The molecular formula is C10H14N2O3. The van der Waals surface area contributed by atoms with Gasteiger partial charge in [0.1, 0.15) is 0 Å². The lowest BCUT2D eigenvalue weighted by molar-refractivity contribution is -0.384. The zero-order valence-corrected chi connectivity index (χ0v) is 8.35. The number of nitrogens with zero attached hydrogens (tertiary/aromatic N) is 1. The first kappa shape index (κ1) is 11.6. The number of non-ortho nitro benzene ring substituents is 1. The summed E-state index contributed by atoms with van der Waals surface area (Å²) in [7, 11) is 0. The third kappa shape index (κ3) is 4.05. The summed E-state index contributed by atoms with van der Waals surface area (Å²) in [6.07, 6.45) is 0.715. The van der Waals surface area contributed by atoms with Crippen molar-refractivity contribution in [3.8, 4) is 0 Å². The van der Waals surface area contributed by atoms with Crippen molar-refractivity contribution in [1.82, 2.24) is 5.32 Å². The largest absolute Gasteiger partial charge is 0.396 e. The highest BCUT2D eigenvalue weighted by atomic mass is 16.6. The molecule has 0 unspecified atom stereocenters. The molecule has 1 aromatic carbocycles. The number of aliphatic hydroxyl groups is 1. The van der Waals surface area contributed by atoms with Crippen LogP contribution in [0.2, 0.25) is 0 Å². The summed E-state index contributed by atoms with van der Waals surface area (Å²) in [4.78, 5) is 9.96. The summed E-state index contributed by atoms with van der Waals surface area (Å²) in [6.45, 7) is 1.58. The van der Waals surface area contributed by atoms with Crippen molar-refractivity contribution in [2.24, 2.45) is 0 Å². The predicted octanol–water partition coefficient (Wildman–Crippen LogP) is 1.07. The molecule has 0 radical (unpaired) electrons. The predicted molar refractivity (Wildman–Crippen MR) is 56.5 cm³/mol. The summed E-state index contributed by atoms with van der Waals surface area (Å²) in [5.41, 5.74) is 1.10. The van der Waals surface area contributed by atoms with Gasteiger partial charge < -0.3 is 10.4 Å². The smallest absolute Gasteiger partial charge is 0.269 e. The fourth-order valence-electron chi connectivity index (χ4n) is 1.17. The van der Waals surface area contributed by atoms with Crippen LogP contribution in [0.15, 0.2) is 24.3 Å². The Balaban J connectivity index is 2.39. The van der Waals surface area contributed by atoms with Gasteiger partial charge in [0, 0.05) is 25.3 Å². The summed E-state index contributed by atoms with van der Waals surface area (Å²) in [5.74, 6) is 0. The molecule has 0 spiro atoms. The zero-order valence-electron chi connectivity index (χ0n) is 8.35. The molecule has 0 aliphatic carbocycles. The number of rotatable bonds is 6. The van der Waals surface area contributed by atoms with Crippen LogP contribution in [-0.4, -0.2) is 23.2 Å². The molecule has 1 rings (SSSR count). The molecule has 2 N–H and O–H groups in total. The molecule has 0 fully saturated rings. The normalized spacial score (nSPS) is 10.2. The lowest BCUT2D eigenvalue weighted by atomic mass is 10.2. The molecule has 5 nitrogen and oxygen atoms in total. The highest BCUT2D eigenvalue weighted by Crippen LogP contribution is 2.11. The van der Waals surface area contributed by atoms with Crippen LogP contribution in [0.3, 0.4) is 0 Å². The molecule has 0 amide bonds. The number of aliphatic hydroxyl groups excluding tert-OH is 1. The van der Waals surface area contributed by atoms with Crippen LogP contribution < -0.4 is 5.32 Å². The monoisotopic (exact) mass is 210 g/mol. The lowest BCUT2D eigenvalue weighted by Gasteiger charge is -2.03. The molecule has 0 aromatic heterocycles. The Bertz CT molecular complexity index is 311. The second-order valence-corrected chi connectivity index (χ2v) is 3.18. The molecule has 0 atom stereocenters. The summed E-state index contributed by atoms with van der Waals surface area (Å²) < 4.78 is 0. The molecular weight excluding hydrogens is 196 g/mol. The molecule has 0 aliphatic heterocycles. The van der Waals surface area contributed by atoms with E-state index in [1.54, 1.807) is 12.1 Å². The van der Waals surface area contributed by atoms with Crippen molar-refractivity contribution in [2.45, 2.75) is 13.0 Å². The van der Waals surface area contributed by atoms with E-state index in [9.17, 15) is 10.1 Å². The maximum atomic E-state index is 10.4. The SMILES string of the molecule is O=[N+]([O-])c1ccc(CNCCCO)cc1. The van der Waals surface area contributed by atoms with Gasteiger partial charge in [0.25, 0.3) is 5.69 Å². The van der Waals surface area contributed by atoms with Crippen molar-refractivity contribution in [1.29, 1.82) is 0 Å². The molecule has 15 heavy (non-hydrogen) atoms. The first-order chi connectivity index (χ1) is 7.24. The summed E-state index contributed by atoms with van der Waals surface area (Å²) in [6, 6.07) is 6.43. The maximum Gasteiger partial charge on any atom is 0.269 e. The van der Waals surface area contributed by atoms with Crippen LogP contribution in [0, 0.1) is 10.1 Å². The quantitative estimate of drug-likeness (QED) is 0.418. The molecule has 0 saturated heterocycles. The van der Waals surface area contributed by atoms with E-state index in [0.717, 1.165) is 12.1 Å². The number of nitro groups is 1. The molecule has 0 heterocycles. The number of hydrogen-bond acceptors (Lipinski definition) is 4. The number of benzene rings is 1. The Labute approximate surface area is 87.9 Å². The van der Waals surface area contributed by atoms with Gasteiger partial charge in [-0.2, -0.15) is 0 Å². The Kier molecular flexibility index (Phi) is 4.73. The summed E-state index contributed by atoms with van der Waals surface area (Å²) >= 11 is 0. The van der Waals surface area contributed by atoms with E-state index in [1.165, 1.54) is 12.1 Å². The van der Waals surface area contributed by atoms with Crippen LogP contribution >= 0.6 is 0 Å². The molecule has 5 heteroatoms. The number of hydrogen-bond donors (Lipinski definition) is 2. The minimum Gasteiger partial charge on any atom is -0.396 e. The lowest BCUT2D eigenvalue weighted by Crippen LogP contribution is -2.15. The minimum atomic E-state index is -0.414. The van der Waals surface area contributed by atoms with Crippen molar-refractivity contribution in [2.75, 3.05) is 13.2 Å². The Morgan fingerprint density at radius 3 is 2.53 bits per heavy atom. The van der Waals surface area contributed by atoms with Crippen LogP contribution in [0.4, 0.5) is 5.69 Å². The van der Waals surface area contributed by atoms with E-state index in [-0.39, 0.29) is 12.3 Å². The van der Waals surface area contributed by atoms with E-state index in [2.05, 4.69) is 5.32 Å². The Morgan fingerprint density at radius 1 is 1.33 bits per heavy atom. The van der Waals surface area contributed by atoms with Crippen molar-refractivity contribution >= 4 is 5.69 Å². The van der Waals surface area contributed by atoms with Gasteiger partial charge in [-0.25, -0.2) is 0 Å². The fraction of sp³-hybridized carbons (Fsp3) is 0.400. The van der Waals surface area contributed by atoms with Gasteiger partial charge >= 0.3 is 0 Å². The van der Waals surface area contributed by atoms with Crippen LogP contribution in [0.5, 0.6) is 0 Å². The average molecular weight is 210 g/mol. The van der Waals surface area contributed by atoms with Gasteiger partial charge in [0.2, 0.25) is 0 Å². The fourth-order valence-corrected chi connectivity index (χ4v) is 1.17. The van der Waals surface area contributed by atoms with E-state index >= 15 is 0 Å². The highest BCUT2D eigenvalue weighted by Gasteiger charge is 2.02. The number of nitro benzene ring substituents is 1. The molecule has 0 saturated carbocycles. The highest BCUT2D eigenvalue weighted by molar-refractivity contribution is 5.32. The maximum absolute atomic E-state index is 10.4. The van der Waals surface area contributed by atoms with Gasteiger partial charge in [-0.05, 0) is 18.5 Å². The average Bonchev–Trinajstić information content (AvgIpc) is 2.25. The van der Waals surface area contributed by atoms with Gasteiger partial charge in [-0.1, -0.05) is 12.1 Å². The standard InChI is InChI=1S/C10H14N2O3/c13-7-1-6-11-8-9-2-4-10(5-3-9)12(14)15/h2-5,11,13H,1,6-8H2. The third-order valence-electron chi connectivity index (χ3n) is 1.99.